The Morgan fingerprint density at radius 1 is 0.864 bits per heavy atom. The van der Waals surface area contributed by atoms with Crippen LogP contribution in [0.1, 0.15) is 56.5 Å². The number of benzene rings is 2. The van der Waals surface area contributed by atoms with E-state index < -0.39 is 5.91 Å². The minimum Gasteiger partial charge on any atom is -0.327 e. The predicted molar refractivity (Wildman–Crippen MR) is 169 cm³/mol. The Bertz CT molecular complexity index is 1830. The van der Waals surface area contributed by atoms with Gasteiger partial charge < -0.3 is 24.7 Å². The predicted octanol–water partition coefficient (Wildman–Crippen LogP) is 4.22. The van der Waals surface area contributed by atoms with Crippen molar-refractivity contribution in [3.8, 4) is 17.2 Å². The fourth-order valence-electron chi connectivity index (χ4n) is 6.11. The van der Waals surface area contributed by atoms with Crippen LogP contribution >= 0.6 is 11.6 Å². The van der Waals surface area contributed by atoms with Crippen molar-refractivity contribution in [1.29, 1.82) is 5.26 Å². The van der Waals surface area contributed by atoms with Crippen molar-refractivity contribution in [3.05, 3.63) is 81.4 Å². The van der Waals surface area contributed by atoms with Crippen molar-refractivity contribution < 1.29 is 9.59 Å². The topological polar surface area (TPSA) is 124 Å². The van der Waals surface area contributed by atoms with Gasteiger partial charge in [-0.3, -0.25) is 14.5 Å². The van der Waals surface area contributed by atoms with E-state index in [1.165, 1.54) is 0 Å². The van der Waals surface area contributed by atoms with Gasteiger partial charge in [-0.05, 0) is 25.7 Å². The summed E-state index contributed by atoms with van der Waals surface area (Å²) in [6, 6.07) is 12.7. The second-order valence-corrected chi connectivity index (χ2v) is 11.7. The molecule has 12 heteroatoms. The first-order chi connectivity index (χ1) is 21.2. The van der Waals surface area contributed by atoms with Crippen LogP contribution in [0.5, 0.6) is 0 Å². The molecule has 2 aromatic heterocycles. The minimum absolute atomic E-state index is 0.253. The molecule has 0 radical (unpaired) electrons. The highest BCUT2D eigenvalue weighted by atomic mass is 35.5. The summed E-state index contributed by atoms with van der Waals surface area (Å²) in [5.74, 6) is -0.153. The molecule has 0 spiro atoms. The number of likely N-dealkylation sites (N-methyl/N-ethyl adjacent to an activating group) is 2. The molecule has 2 aliphatic rings. The smallest absolute Gasteiger partial charge is 0.291 e. The number of halogens is 1. The quantitative estimate of drug-likeness (QED) is 0.335. The molecule has 0 unspecified atom stereocenters. The van der Waals surface area contributed by atoms with Crippen molar-refractivity contribution in [3.63, 3.8) is 0 Å². The number of aromatic nitrogens is 4. The molecule has 2 aromatic carbocycles. The Morgan fingerprint density at radius 3 is 2.07 bits per heavy atom. The van der Waals surface area contributed by atoms with Gasteiger partial charge in [0.05, 0.1) is 33.3 Å². The molecule has 4 aromatic rings. The number of rotatable bonds is 6. The van der Waals surface area contributed by atoms with Crippen molar-refractivity contribution >= 4 is 34.8 Å². The minimum atomic E-state index is -0.394. The molecule has 11 nitrogen and oxygen atoms in total. The van der Waals surface area contributed by atoms with Gasteiger partial charge in [0.1, 0.15) is 6.07 Å². The number of fused-ring (bicyclic) bond motifs is 2. The fourth-order valence-corrected chi connectivity index (χ4v) is 6.39. The van der Waals surface area contributed by atoms with Gasteiger partial charge in [-0.1, -0.05) is 42.8 Å². The number of carbonyl (C=O) groups is 2. The third-order valence-electron chi connectivity index (χ3n) is 8.60. The van der Waals surface area contributed by atoms with Crippen molar-refractivity contribution in [2.45, 2.75) is 32.9 Å². The van der Waals surface area contributed by atoms with Gasteiger partial charge in [0, 0.05) is 75.6 Å². The number of anilines is 2. The molecule has 0 atom stereocenters. The SMILES string of the molecule is CCN1CCc2c(nc(C(=O)Nc3cccc(-c4cccc(NC(=O)c5nc6c(n5C)CCN(C)C6)c4Cl)c3C#N)n2C)C1. The highest BCUT2D eigenvalue weighted by Crippen LogP contribution is 2.38. The second-order valence-electron chi connectivity index (χ2n) is 11.3. The maximum atomic E-state index is 13.4. The van der Waals surface area contributed by atoms with E-state index in [1.54, 1.807) is 36.4 Å². The standard InChI is InChI=1S/C32H34ClN9O2/c1-5-42-15-13-27-25(18-42)36-29(41(27)4)31(43)37-22-10-6-8-19(21(22)16-34)20-9-7-11-23(28(20)33)38-32(44)30-35-24-17-39(2)14-12-26(24)40(30)3/h6-11H,5,12-15,17-18H2,1-4H3,(H,37,43)(H,38,44). The van der Waals surface area contributed by atoms with E-state index in [9.17, 15) is 14.9 Å². The molecule has 2 amide bonds. The molecule has 6 rings (SSSR count). The largest absolute Gasteiger partial charge is 0.327 e. The maximum Gasteiger partial charge on any atom is 0.291 e. The van der Waals surface area contributed by atoms with Gasteiger partial charge in [-0.2, -0.15) is 5.26 Å². The summed E-state index contributed by atoms with van der Waals surface area (Å²) in [6.07, 6.45) is 1.65. The monoisotopic (exact) mass is 611 g/mol. The van der Waals surface area contributed by atoms with E-state index >= 15 is 0 Å². The van der Waals surface area contributed by atoms with Crippen LogP contribution in [0.25, 0.3) is 11.1 Å². The van der Waals surface area contributed by atoms with Gasteiger partial charge in [-0.25, -0.2) is 9.97 Å². The highest BCUT2D eigenvalue weighted by Gasteiger charge is 2.27. The summed E-state index contributed by atoms with van der Waals surface area (Å²) in [5, 5.41) is 16.3. The van der Waals surface area contributed by atoms with Gasteiger partial charge in [-0.15, -0.1) is 0 Å². The van der Waals surface area contributed by atoms with E-state index in [2.05, 4.69) is 43.4 Å². The van der Waals surface area contributed by atoms with Crippen molar-refractivity contribution in [2.75, 3.05) is 37.3 Å². The molecule has 0 fully saturated rings. The molecular weight excluding hydrogens is 578 g/mol. The third-order valence-corrected chi connectivity index (χ3v) is 9.00. The highest BCUT2D eigenvalue weighted by molar-refractivity contribution is 6.36. The molecule has 226 valence electrons. The van der Waals surface area contributed by atoms with E-state index in [4.69, 9.17) is 11.6 Å². The lowest BCUT2D eigenvalue weighted by atomic mass is 9.98. The van der Waals surface area contributed by atoms with Crippen LogP contribution in [0.2, 0.25) is 5.02 Å². The van der Waals surface area contributed by atoms with Crippen LogP contribution in [-0.4, -0.2) is 67.4 Å². The molecular formula is C32H34ClN9O2. The number of nitrogens with zero attached hydrogens (tertiary/aromatic N) is 7. The zero-order chi connectivity index (χ0) is 31.1. The summed E-state index contributed by atoms with van der Waals surface area (Å²) in [4.78, 5) is 40.5. The molecule has 0 saturated carbocycles. The van der Waals surface area contributed by atoms with Gasteiger partial charge in [0.25, 0.3) is 11.8 Å². The Kier molecular flexibility index (Phi) is 7.98. The molecule has 44 heavy (non-hydrogen) atoms. The summed E-state index contributed by atoms with van der Waals surface area (Å²) >= 11 is 6.86. The van der Waals surface area contributed by atoms with Crippen molar-refractivity contribution in [2.24, 2.45) is 14.1 Å². The number of amides is 2. The summed E-state index contributed by atoms with van der Waals surface area (Å²) in [7, 11) is 5.73. The zero-order valence-electron chi connectivity index (χ0n) is 25.2. The first-order valence-electron chi connectivity index (χ1n) is 14.6. The molecule has 0 saturated heterocycles. The molecule has 2 N–H and O–H groups in total. The van der Waals surface area contributed by atoms with E-state index in [0.717, 1.165) is 55.3 Å². The van der Waals surface area contributed by atoms with Gasteiger partial charge in [0.15, 0.2) is 11.6 Å². The number of hydrogen-bond acceptors (Lipinski definition) is 7. The van der Waals surface area contributed by atoms with Crippen LogP contribution in [0.15, 0.2) is 36.4 Å². The normalized spacial score (nSPS) is 14.9. The molecule has 4 heterocycles. The Morgan fingerprint density at radius 2 is 1.43 bits per heavy atom. The third kappa shape index (κ3) is 5.26. The lowest BCUT2D eigenvalue weighted by Gasteiger charge is -2.24. The lowest BCUT2D eigenvalue weighted by Crippen LogP contribution is -2.30. The summed E-state index contributed by atoms with van der Waals surface area (Å²) in [5.41, 5.74) is 5.98. The molecule has 0 aliphatic carbocycles. The van der Waals surface area contributed by atoms with Gasteiger partial charge in [0.2, 0.25) is 0 Å². The number of carbonyl (C=O) groups excluding carboxylic acids is 2. The second kappa shape index (κ2) is 11.9. The number of nitriles is 1. The van der Waals surface area contributed by atoms with Crippen LogP contribution in [0.4, 0.5) is 11.4 Å². The zero-order valence-corrected chi connectivity index (χ0v) is 26.0. The number of hydrogen-bond donors (Lipinski definition) is 2. The summed E-state index contributed by atoms with van der Waals surface area (Å²) in [6.45, 7) is 6.26. The van der Waals surface area contributed by atoms with E-state index in [0.29, 0.717) is 47.2 Å². The lowest BCUT2D eigenvalue weighted by molar-refractivity contribution is 0.100. The van der Waals surface area contributed by atoms with Crippen molar-refractivity contribution in [1.82, 2.24) is 28.9 Å². The molecule has 2 aliphatic heterocycles. The van der Waals surface area contributed by atoms with Crippen LogP contribution < -0.4 is 10.6 Å². The number of nitrogens with one attached hydrogen (secondary N) is 2. The average molecular weight is 612 g/mol. The Labute approximate surface area is 261 Å². The molecule has 0 bridgehead atoms. The first-order valence-corrected chi connectivity index (χ1v) is 15.0. The maximum absolute atomic E-state index is 13.4. The van der Waals surface area contributed by atoms with Crippen LogP contribution in [-0.2, 0) is 40.0 Å². The fraction of sp³-hybridized carbons (Fsp3) is 0.344. The Balaban J connectivity index is 1.27. The van der Waals surface area contributed by atoms with E-state index in [1.807, 2.05) is 30.3 Å². The van der Waals surface area contributed by atoms with E-state index in [-0.39, 0.29) is 16.5 Å². The number of imidazole rings is 2. The van der Waals surface area contributed by atoms with Crippen LogP contribution in [0.3, 0.4) is 0 Å². The summed E-state index contributed by atoms with van der Waals surface area (Å²) < 4.78 is 3.68. The van der Waals surface area contributed by atoms with Gasteiger partial charge >= 0.3 is 0 Å². The average Bonchev–Trinajstić information content (AvgIpc) is 3.53. The first kappa shape index (κ1) is 29.6. The van der Waals surface area contributed by atoms with Crippen LogP contribution in [0, 0.1) is 11.3 Å². The Hall–Kier alpha value is -4.50.